The molecule has 0 aliphatic heterocycles. The van der Waals surface area contributed by atoms with Gasteiger partial charge in [0.1, 0.15) is 0 Å². The average Bonchev–Trinajstić information content (AvgIpc) is 2.07. The number of ether oxygens (including phenoxy) is 1. The van der Waals surface area contributed by atoms with Crippen molar-refractivity contribution in [3.05, 3.63) is 35.4 Å². The molecule has 0 bridgehead atoms. The molecule has 0 aliphatic carbocycles. The second kappa shape index (κ2) is 6.68. The lowest BCUT2D eigenvalue weighted by molar-refractivity contribution is -0.137. The third-order valence-corrected chi connectivity index (χ3v) is 1.19. The van der Waals surface area contributed by atoms with Crippen LogP contribution in [0, 0.1) is 6.07 Å². The van der Waals surface area contributed by atoms with Crippen LogP contribution in [-0.2, 0) is 9.53 Å². The van der Waals surface area contributed by atoms with E-state index in [2.05, 4.69) is 10.8 Å². The molecule has 0 unspecified atom stereocenters. The monoisotopic (exact) mass is 185 g/mol. The molecule has 3 heteroatoms. The molecule has 0 spiro atoms. The predicted molar refractivity (Wildman–Crippen MR) is 48.0 cm³/mol. The van der Waals surface area contributed by atoms with E-state index in [1.165, 1.54) is 14.0 Å². The zero-order valence-corrected chi connectivity index (χ0v) is 7.76. The van der Waals surface area contributed by atoms with Crippen LogP contribution in [0.5, 0.6) is 0 Å². The topological polar surface area (TPSA) is 26.3 Å². The van der Waals surface area contributed by atoms with E-state index >= 15 is 0 Å². The van der Waals surface area contributed by atoms with E-state index in [-0.39, 0.29) is 5.97 Å². The highest BCUT2D eigenvalue weighted by molar-refractivity contribution is 6.30. The number of rotatable bonds is 0. The predicted octanol–water partition coefficient (Wildman–Crippen LogP) is 2.32. The minimum absolute atomic E-state index is 0.245. The van der Waals surface area contributed by atoms with Crippen LogP contribution >= 0.6 is 11.6 Å². The summed E-state index contributed by atoms with van der Waals surface area (Å²) in [7, 11) is 1.35. The summed E-state index contributed by atoms with van der Waals surface area (Å²) in [5.41, 5.74) is 0. The first-order chi connectivity index (χ1) is 5.66. The van der Waals surface area contributed by atoms with E-state index in [0.29, 0.717) is 5.02 Å². The van der Waals surface area contributed by atoms with E-state index < -0.39 is 0 Å². The van der Waals surface area contributed by atoms with Gasteiger partial charge in [-0.05, 0) is 6.07 Å². The zero-order valence-electron chi connectivity index (χ0n) is 7.00. The maximum atomic E-state index is 9.59. The third kappa shape index (κ3) is 7.09. The van der Waals surface area contributed by atoms with Gasteiger partial charge in [0.2, 0.25) is 0 Å². The Balaban J connectivity index is 0.000000217. The minimum Gasteiger partial charge on any atom is -0.469 e. The molecule has 1 aromatic rings. The van der Waals surface area contributed by atoms with Crippen LogP contribution in [0.3, 0.4) is 0 Å². The Morgan fingerprint density at radius 3 is 2.33 bits per heavy atom. The van der Waals surface area contributed by atoms with Gasteiger partial charge < -0.3 is 4.74 Å². The largest absolute Gasteiger partial charge is 0.469 e. The fraction of sp³-hybridized carbons (Fsp3) is 0.222. The Morgan fingerprint density at radius 1 is 1.58 bits per heavy atom. The van der Waals surface area contributed by atoms with Gasteiger partial charge in [0, 0.05) is 18.0 Å². The number of hydrogen-bond donors (Lipinski definition) is 0. The fourth-order valence-electron chi connectivity index (χ4n) is 0.371. The van der Waals surface area contributed by atoms with Gasteiger partial charge in [-0.15, -0.1) is 0 Å². The molecular formula is C9H10ClO2. The molecule has 0 saturated carbocycles. The summed E-state index contributed by atoms with van der Waals surface area (Å²) >= 11 is 5.48. The van der Waals surface area contributed by atoms with E-state index in [1.54, 1.807) is 12.1 Å². The molecule has 0 amide bonds. The molecule has 0 heterocycles. The van der Waals surface area contributed by atoms with Gasteiger partial charge in [-0.3, -0.25) is 4.79 Å². The van der Waals surface area contributed by atoms with Gasteiger partial charge >= 0.3 is 5.97 Å². The molecule has 1 rings (SSSR count). The first kappa shape index (κ1) is 11.0. The molecule has 0 aromatic heterocycles. The van der Waals surface area contributed by atoms with Crippen LogP contribution in [0.25, 0.3) is 0 Å². The number of carbonyl (C=O) groups excluding carboxylic acids is 1. The number of carbonyl (C=O) groups is 1. The summed E-state index contributed by atoms with van der Waals surface area (Å²) in [6.07, 6.45) is 0. The Morgan fingerprint density at radius 2 is 2.17 bits per heavy atom. The van der Waals surface area contributed by atoms with E-state index in [0.717, 1.165) is 0 Å². The van der Waals surface area contributed by atoms with Crippen molar-refractivity contribution in [2.24, 2.45) is 0 Å². The number of halogens is 1. The SMILES string of the molecule is COC(C)=O.Clc1[c]cccc1. The zero-order chi connectivity index (χ0) is 9.40. The maximum Gasteiger partial charge on any atom is 0.302 e. The van der Waals surface area contributed by atoms with Gasteiger partial charge in [-0.25, -0.2) is 0 Å². The van der Waals surface area contributed by atoms with E-state index in [9.17, 15) is 4.79 Å². The summed E-state index contributed by atoms with van der Waals surface area (Å²) < 4.78 is 4.11. The lowest BCUT2D eigenvalue weighted by atomic mass is 10.4. The molecule has 0 aliphatic rings. The molecule has 0 fully saturated rings. The van der Waals surface area contributed by atoms with Crippen molar-refractivity contribution in [1.82, 2.24) is 0 Å². The van der Waals surface area contributed by atoms with Gasteiger partial charge in [-0.1, -0.05) is 29.8 Å². The molecule has 0 N–H and O–H groups in total. The molecule has 0 saturated heterocycles. The van der Waals surface area contributed by atoms with Gasteiger partial charge in [0.15, 0.2) is 0 Å². The first-order valence-electron chi connectivity index (χ1n) is 3.33. The van der Waals surface area contributed by atoms with Crippen molar-refractivity contribution in [1.29, 1.82) is 0 Å². The number of esters is 1. The molecule has 12 heavy (non-hydrogen) atoms. The molecule has 2 nitrogen and oxygen atoms in total. The van der Waals surface area contributed by atoms with Crippen molar-refractivity contribution in [3.63, 3.8) is 0 Å². The maximum absolute atomic E-state index is 9.59. The van der Waals surface area contributed by atoms with Gasteiger partial charge in [0.05, 0.1) is 7.11 Å². The fourth-order valence-corrected chi connectivity index (χ4v) is 0.507. The number of benzene rings is 1. The van der Waals surface area contributed by atoms with Crippen LogP contribution in [0.2, 0.25) is 5.02 Å². The highest BCUT2D eigenvalue weighted by atomic mass is 35.5. The third-order valence-electron chi connectivity index (χ3n) is 0.959. The van der Waals surface area contributed by atoms with Crippen molar-refractivity contribution in [2.45, 2.75) is 6.92 Å². The van der Waals surface area contributed by atoms with Crippen molar-refractivity contribution in [3.8, 4) is 0 Å². The smallest absolute Gasteiger partial charge is 0.302 e. The Labute approximate surface area is 77.1 Å². The molecule has 1 radical (unpaired) electrons. The van der Waals surface area contributed by atoms with E-state index in [1.807, 2.05) is 12.1 Å². The van der Waals surface area contributed by atoms with Crippen LogP contribution < -0.4 is 0 Å². The number of hydrogen-bond acceptors (Lipinski definition) is 2. The Kier molecular flexibility index (Phi) is 6.11. The normalized spacial score (nSPS) is 7.92. The standard InChI is InChI=1S/C6H4Cl.C3H6O2/c7-6-4-2-1-3-5-6;1-3(4)5-2/h1-4H;1-2H3. The van der Waals surface area contributed by atoms with Crippen molar-refractivity contribution in [2.75, 3.05) is 7.11 Å². The molecular weight excluding hydrogens is 176 g/mol. The van der Waals surface area contributed by atoms with Crippen LogP contribution in [0.1, 0.15) is 6.92 Å². The number of methoxy groups -OCH3 is 1. The Hall–Kier alpha value is -1.02. The summed E-state index contributed by atoms with van der Waals surface area (Å²) in [6.45, 7) is 1.36. The van der Waals surface area contributed by atoms with E-state index in [4.69, 9.17) is 11.6 Å². The van der Waals surface area contributed by atoms with Crippen LogP contribution in [0.15, 0.2) is 24.3 Å². The summed E-state index contributed by atoms with van der Waals surface area (Å²) in [4.78, 5) is 9.59. The molecule has 1 aromatic carbocycles. The molecule has 65 valence electrons. The lowest BCUT2D eigenvalue weighted by Crippen LogP contribution is -1.88. The first-order valence-corrected chi connectivity index (χ1v) is 3.71. The highest BCUT2D eigenvalue weighted by Gasteiger charge is 1.76. The summed E-state index contributed by atoms with van der Waals surface area (Å²) in [6, 6.07) is 10.1. The Bertz CT molecular complexity index is 221. The van der Waals surface area contributed by atoms with Gasteiger partial charge in [-0.2, -0.15) is 0 Å². The van der Waals surface area contributed by atoms with Gasteiger partial charge in [0.25, 0.3) is 0 Å². The second-order valence-corrected chi connectivity index (χ2v) is 2.31. The quantitative estimate of drug-likeness (QED) is 0.580. The summed E-state index contributed by atoms with van der Waals surface area (Å²) in [5, 5.41) is 0.669. The molecule has 0 atom stereocenters. The second-order valence-electron chi connectivity index (χ2n) is 1.91. The summed E-state index contributed by atoms with van der Waals surface area (Å²) in [5.74, 6) is -0.245. The average molecular weight is 186 g/mol. The highest BCUT2D eigenvalue weighted by Crippen LogP contribution is 2.02. The minimum atomic E-state index is -0.245. The van der Waals surface area contributed by atoms with Crippen LogP contribution in [0.4, 0.5) is 0 Å². The van der Waals surface area contributed by atoms with Crippen LogP contribution in [-0.4, -0.2) is 13.1 Å². The van der Waals surface area contributed by atoms with Crippen molar-refractivity contribution < 1.29 is 9.53 Å². The lowest BCUT2D eigenvalue weighted by Gasteiger charge is -1.80. The van der Waals surface area contributed by atoms with Crippen molar-refractivity contribution >= 4 is 17.6 Å².